The molecule has 0 unspecified atom stereocenters. The van der Waals surface area contributed by atoms with Crippen molar-refractivity contribution in [3.05, 3.63) is 24.0 Å². The van der Waals surface area contributed by atoms with Crippen molar-refractivity contribution in [2.24, 2.45) is 5.73 Å². The van der Waals surface area contributed by atoms with E-state index in [1.54, 1.807) is 24.2 Å². The standard InChI is InChI=1S/C9H9N3OS/c1-14-6-2-3-11-9-7(6)5(4-12-9)8(10)13/h2-4H,1H3,(H2,10,13)(H,11,12). The van der Waals surface area contributed by atoms with Crippen LogP contribution in [0.2, 0.25) is 0 Å². The van der Waals surface area contributed by atoms with Gasteiger partial charge >= 0.3 is 0 Å². The van der Waals surface area contributed by atoms with Gasteiger partial charge in [0.2, 0.25) is 0 Å². The molecule has 3 N–H and O–H groups in total. The summed E-state index contributed by atoms with van der Waals surface area (Å²) in [4.78, 5) is 19.1. The van der Waals surface area contributed by atoms with Gasteiger partial charge in [0, 0.05) is 22.7 Å². The van der Waals surface area contributed by atoms with E-state index in [0.29, 0.717) is 11.2 Å². The molecule has 0 aliphatic rings. The minimum absolute atomic E-state index is 0.431. The van der Waals surface area contributed by atoms with Gasteiger partial charge in [-0.25, -0.2) is 4.98 Å². The molecule has 5 heteroatoms. The molecule has 4 nitrogen and oxygen atoms in total. The minimum atomic E-state index is -0.431. The number of rotatable bonds is 2. The average molecular weight is 207 g/mol. The van der Waals surface area contributed by atoms with E-state index < -0.39 is 5.91 Å². The molecule has 0 bridgehead atoms. The number of pyridine rings is 1. The number of hydrogen-bond donors (Lipinski definition) is 2. The van der Waals surface area contributed by atoms with Crippen LogP contribution in [0.4, 0.5) is 0 Å². The van der Waals surface area contributed by atoms with Crippen LogP contribution >= 0.6 is 11.8 Å². The second kappa shape index (κ2) is 3.34. The Hall–Kier alpha value is -1.49. The van der Waals surface area contributed by atoms with Crippen molar-refractivity contribution in [3.8, 4) is 0 Å². The maximum absolute atomic E-state index is 11.1. The zero-order chi connectivity index (χ0) is 10.1. The molecule has 2 rings (SSSR count). The van der Waals surface area contributed by atoms with Gasteiger partial charge in [-0.2, -0.15) is 0 Å². The highest BCUT2D eigenvalue weighted by molar-refractivity contribution is 7.98. The first-order chi connectivity index (χ1) is 6.74. The van der Waals surface area contributed by atoms with Crippen LogP contribution in [-0.2, 0) is 0 Å². The van der Waals surface area contributed by atoms with E-state index in [0.717, 1.165) is 10.3 Å². The minimum Gasteiger partial charge on any atom is -0.366 e. The zero-order valence-corrected chi connectivity index (χ0v) is 8.39. The van der Waals surface area contributed by atoms with Gasteiger partial charge in [0.1, 0.15) is 5.65 Å². The van der Waals surface area contributed by atoms with Gasteiger partial charge in [-0.05, 0) is 12.3 Å². The second-order valence-electron chi connectivity index (χ2n) is 2.80. The van der Waals surface area contributed by atoms with E-state index in [1.807, 2.05) is 12.3 Å². The third-order valence-electron chi connectivity index (χ3n) is 2.02. The molecule has 0 fully saturated rings. The van der Waals surface area contributed by atoms with E-state index in [4.69, 9.17) is 5.73 Å². The lowest BCUT2D eigenvalue weighted by molar-refractivity contribution is 0.100. The Bertz CT molecular complexity index is 492. The number of aromatic amines is 1. The third-order valence-corrected chi connectivity index (χ3v) is 2.80. The van der Waals surface area contributed by atoms with E-state index in [-0.39, 0.29) is 0 Å². The summed E-state index contributed by atoms with van der Waals surface area (Å²) in [7, 11) is 0. The Morgan fingerprint density at radius 3 is 3.07 bits per heavy atom. The van der Waals surface area contributed by atoms with Crippen LogP contribution in [0, 0.1) is 0 Å². The highest BCUT2D eigenvalue weighted by Gasteiger charge is 2.12. The number of amides is 1. The number of primary amides is 1. The Labute approximate surface area is 84.9 Å². The third kappa shape index (κ3) is 1.26. The van der Waals surface area contributed by atoms with Crippen molar-refractivity contribution in [2.75, 3.05) is 6.26 Å². The maximum Gasteiger partial charge on any atom is 0.250 e. The van der Waals surface area contributed by atoms with Crippen LogP contribution in [0.3, 0.4) is 0 Å². The Balaban J connectivity index is 2.81. The predicted octanol–water partition coefficient (Wildman–Crippen LogP) is 1.38. The molecular formula is C9H9N3OS. The van der Waals surface area contributed by atoms with Crippen LogP contribution in [0.15, 0.2) is 23.4 Å². The maximum atomic E-state index is 11.1. The number of carbonyl (C=O) groups excluding carboxylic acids is 1. The van der Waals surface area contributed by atoms with Crippen LogP contribution in [0.25, 0.3) is 11.0 Å². The number of nitrogens with two attached hydrogens (primary N) is 1. The van der Waals surface area contributed by atoms with Gasteiger partial charge in [-0.15, -0.1) is 11.8 Å². The molecule has 2 aromatic heterocycles. The molecule has 72 valence electrons. The summed E-state index contributed by atoms with van der Waals surface area (Å²) in [6.07, 6.45) is 5.25. The highest BCUT2D eigenvalue weighted by Crippen LogP contribution is 2.27. The molecule has 2 heterocycles. The second-order valence-corrected chi connectivity index (χ2v) is 3.65. The number of nitrogens with zero attached hydrogens (tertiary/aromatic N) is 1. The molecule has 0 saturated carbocycles. The summed E-state index contributed by atoms with van der Waals surface area (Å²) in [5.74, 6) is -0.431. The molecule has 1 amide bonds. The number of H-pyrrole nitrogens is 1. The van der Waals surface area contributed by atoms with Gasteiger partial charge in [0.25, 0.3) is 5.91 Å². The lowest BCUT2D eigenvalue weighted by atomic mass is 10.2. The monoisotopic (exact) mass is 207 g/mol. The van der Waals surface area contributed by atoms with Gasteiger partial charge < -0.3 is 10.7 Å². The summed E-state index contributed by atoms with van der Waals surface area (Å²) in [5.41, 5.74) is 6.45. The predicted molar refractivity (Wildman–Crippen MR) is 56.4 cm³/mol. The molecule has 2 aromatic rings. The average Bonchev–Trinajstić information content (AvgIpc) is 2.60. The van der Waals surface area contributed by atoms with Crippen LogP contribution in [0.1, 0.15) is 10.4 Å². The van der Waals surface area contributed by atoms with Crippen LogP contribution in [-0.4, -0.2) is 22.1 Å². The fourth-order valence-corrected chi connectivity index (χ4v) is 2.00. The van der Waals surface area contributed by atoms with Gasteiger partial charge in [-0.3, -0.25) is 4.79 Å². The topological polar surface area (TPSA) is 71.8 Å². The largest absolute Gasteiger partial charge is 0.366 e. The molecule has 14 heavy (non-hydrogen) atoms. The summed E-state index contributed by atoms with van der Waals surface area (Å²) >= 11 is 1.57. The number of nitrogens with one attached hydrogen (secondary N) is 1. The Morgan fingerprint density at radius 2 is 2.43 bits per heavy atom. The molecule has 0 atom stereocenters. The molecule has 0 radical (unpaired) electrons. The Kier molecular flexibility index (Phi) is 2.17. The number of carbonyl (C=O) groups is 1. The van der Waals surface area contributed by atoms with E-state index in [1.165, 1.54) is 0 Å². The van der Waals surface area contributed by atoms with Crippen molar-refractivity contribution >= 4 is 28.7 Å². The first-order valence-electron chi connectivity index (χ1n) is 4.04. The number of fused-ring (bicyclic) bond motifs is 1. The van der Waals surface area contributed by atoms with Crippen molar-refractivity contribution in [1.82, 2.24) is 9.97 Å². The SMILES string of the molecule is CSc1ccnc2[nH]cc(C(N)=O)c12. The summed E-state index contributed by atoms with van der Waals surface area (Å²) in [6, 6.07) is 1.87. The lowest BCUT2D eigenvalue weighted by Crippen LogP contribution is -2.10. The van der Waals surface area contributed by atoms with Crippen molar-refractivity contribution < 1.29 is 4.79 Å². The fourth-order valence-electron chi connectivity index (χ4n) is 1.39. The van der Waals surface area contributed by atoms with Gasteiger partial charge in [0.15, 0.2) is 0 Å². The van der Waals surface area contributed by atoms with Crippen molar-refractivity contribution in [2.45, 2.75) is 4.90 Å². The van der Waals surface area contributed by atoms with E-state index in [2.05, 4.69) is 9.97 Å². The summed E-state index contributed by atoms with van der Waals surface area (Å²) in [5, 5.41) is 0.813. The van der Waals surface area contributed by atoms with Gasteiger partial charge in [0.05, 0.1) is 5.56 Å². The first-order valence-corrected chi connectivity index (χ1v) is 5.26. The molecule has 0 aliphatic carbocycles. The lowest BCUT2D eigenvalue weighted by Gasteiger charge is -1.99. The highest BCUT2D eigenvalue weighted by atomic mass is 32.2. The van der Waals surface area contributed by atoms with Crippen molar-refractivity contribution in [3.63, 3.8) is 0 Å². The number of hydrogen-bond acceptors (Lipinski definition) is 3. The van der Waals surface area contributed by atoms with E-state index >= 15 is 0 Å². The quantitative estimate of drug-likeness (QED) is 0.731. The van der Waals surface area contributed by atoms with E-state index in [9.17, 15) is 4.79 Å². The normalized spacial score (nSPS) is 10.6. The first kappa shape index (κ1) is 9.08. The number of thioether (sulfide) groups is 1. The molecule has 0 aliphatic heterocycles. The fraction of sp³-hybridized carbons (Fsp3) is 0.111. The van der Waals surface area contributed by atoms with Crippen molar-refractivity contribution in [1.29, 1.82) is 0 Å². The molecule has 0 saturated heterocycles. The number of aromatic nitrogens is 2. The Morgan fingerprint density at radius 1 is 1.64 bits per heavy atom. The van der Waals surface area contributed by atoms with Crippen LogP contribution in [0.5, 0.6) is 0 Å². The van der Waals surface area contributed by atoms with Gasteiger partial charge in [-0.1, -0.05) is 0 Å². The summed E-state index contributed by atoms with van der Waals surface area (Å²) in [6.45, 7) is 0. The zero-order valence-electron chi connectivity index (χ0n) is 7.57. The van der Waals surface area contributed by atoms with Crippen LogP contribution < -0.4 is 5.73 Å². The molecule has 0 spiro atoms. The summed E-state index contributed by atoms with van der Waals surface area (Å²) < 4.78 is 0. The molecular weight excluding hydrogens is 198 g/mol. The smallest absolute Gasteiger partial charge is 0.250 e. The molecule has 0 aromatic carbocycles.